The first-order chi connectivity index (χ1) is 12.6. The number of nitrogens with zero attached hydrogens (tertiary/aromatic N) is 3. The molecule has 0 spiro atoms. The summed E-state index contributed by atoms with van der Waals surface area (Å²) in [6, 6.07) is 10.5. The van der Waals surface area contributed by atoms with E-state index in [0.29, 0.717) is 33.2 Å². The Morgan fingerprint density at radius 2 is 2.00 bits per heavy atom. The molecule has 26 heavy (non-hydrogen) atoms. The number of fused-ring (bicyclic) bond motifs is 1. The number of thiazole rings is 1. The highest BCUT2D eigenvalue weighted by molar-refractivity contribution is 7.11. The highest BCUT2D eigenvalue weighted by atomic mass is 32.1. The molecule has 4 rings (SSSR count). The molecular formula is C17H13BN4O3S. The zero-order valence-electron chi connectivity index (χ0n) is 13.4. The van der Waals surface area contributed by atoms with E-state index in [1.165, 1.54) is 17.5 Å². The Balaban J connectivity index is 1.86. The van der Waals surface area contributed by atoms with Crippen LogP contribution in [0.1, 0.15) is 0 Å². The van der Waals surface area contributed by atoms with Crippen LogP contribution in [0.3, 0.4) is 0 Å². The lowest BCUT2D eigenvalue weighted by Gasteiger charge is -2.12. The minimum absolute atomic E-state index is 0.352. The van der Waals surface area contributed by atoms with Gasteiger partial charge in [-0.05, 0) is 29.2 Å². The molecule has 0 aliphatic heterocycles. The first-order valence-corrected chi connectivity index (χ1v) is 8.58. The Bertz CT molecular complexity index is 1070. The van der Waals surface area contributed by atoms with E-state index < -0.39 is 7.12 Å². The lowest BCUT2D eigenvalue weighted by atomic mass is 9.79. The highest BCUT2D eigenvalue weighted by Crippen LogP contribution is 2.35. The van der Waals surface area contributed by atoms with E-state index in [2.05, 4.69) is 15.2 Å². The van der Waals surface area contributed by atoms with Gasteiger partial charge in [-0.1, -0.05) is 29.5 Å². The molecular weight excluding hydrogens is 351 g/mol. The second-order valence-corrected chi connectivity index (χ2v) is 6.42. The van der Waals surface area contributed by atoms with Crippen LogP contribution in [0, 0.1) is 0 Å². The summed E-state index contributed by atoms with van der Waals surface area (Å²) < 4.78 is 5.86. The molecule has 0 aliphatic rings. The quantitative estimate of drug-likeness (QED) is 0.473. The van der Waals surface area contributed by atoms with E-state index in [-0.39, 0.29) is 0 Å². The van der Waals surface area contributed by atoms with Crippen molar-refractivity contribution in [2.24, 2.45) is 0 Å². The normalized spacial score (nSPS) is 10.8. The van der Waals surface area contributed by atoms with Crippen LogP contribution >= 0.6 is 11.3 Å². The number of rotatable bonds is 4. The molecule has 0 saturated heterocycles. The van der Waals surface area contributed by atoms with Crippen LogP contribution < -0.4 is 15.9 Å². The molecule has 4 N–H and O–H groups in total. The Morgan fingerprint density at radius 3 is 2.77 bits per heavy atom. The summed E-state index contributed by atoms with van der Waals surface area (Å²) in [5.41, 5.74) is 8.92. The SMILES string of the molecule is Nc1cnnc2cc(-c3cc(B(O)O)ccc3Oc3nccs3)ccc12. The van der Waals surface area contributed by atoms with Crippen LogP contribution in [0.2, 0.25) is 0 Å². The predicted octanol–water partition coefficient (Wildman–Crippen LogP) is 1.81. The van der Waals surface area contributed by atoms with E-state index in [0.717, 1.165) is 10.9 Å². The van der Waals surface area contributed by atoms with E-state index >= 15 is 0 Å². The summed E-state index contributed by atoms with van der Waals surface area (Å²) in [4.78, 5) is 4.12. The van der Waals surface area contributed by atoms with E-state index in [4.69, 9.17) is 10.5 Å². The van der Waals surface area contributed by atoms with Crippen LogP contribution in [-0.2, 0) is 0 Å². The van der Waals surface area contributed by atoms with Gasteiger partial charge in [-0.2, -0.15) is 10.2 Å². The average molecular weight is 364 g/mol. The number of ether oxygens (including phenoxy) is 1. The van der Waals surface area contributed by atoms with Crippen molar-refractivity contribution in [3.8, 4) is 22.1 Å². The number of nitrogen functional groups attached to an aromatic ring is 1. The minimum atomic E-state index is -1.58. The van der Waals surface area contributed by atoms with Gasteiger partial charge < -0.3 is 20.5 Å². The molecule has 7 nitrogen and oxygen atoms in total. The fourth-order valence-corrected chi connectivity index (χ4v) is 3.12. The maximum Gasteiger partial charge on any atom is 0.488 e. The number of hydrogen-bond acceptors (Lipinski definition) is 8. The van der Waals surface area contributed by atoms with Gasteiger partial charge >= 0.3 is 7.12 Å². The predicted molar refractivity (Wildman–Crippen MR) is 101 cm³/mol. The number of aromatic nitrogens is 3. The van der Waals surface area contributed by atoms with Crippen molar-refractivity contribution in [3.05, 3.63) is 54.2 Å². The molecule has 2 heterocycles. The van der Waals surface area contributed by atoms with Crippen molar-refractivity contribution in [1.29, 1.82) is 0 Å². The summed E-state index contributed by atoms with van der Waals surface area (Å²) in [6.07, 6.45) is 3.15. The van der Waals surface area contributed by atoms with Gasteiger partial charge in [0.25, 0.3) is 5.19 Å². The summed E-state index contributed by atoms with van der Waals surface area (Å²) in [6.45, 7) is 0. The third-order valence-electron chi connectivity index (χ3n) is 3.89. The average Bonchev–Trinajstić information content (AvgIpc) is 3.15. The number of anilines is 1. The van der Waals surface area contributed by atoms with Crippen LogP contribution in [0.25, 0.3) is 22.0 Å². The van der Waals surface area contributed by atoms with Gasteiger partial charge in [-0.25, -0.2) is 4.98 Å². The van der Waals surface area contributed by atoms with Gasteiger partial charge in [-0.15, -0.1) is 0 Å². The molecule has 0 amide bonds. The molecule has 0 atom stereocenters. The van der Waals surface area contributed by atoms with Gasteiger partial charge in [0.2, 0.25) is 0 Å². The maximum atomic E-state index is 9.52. The Kier molecular flexibility index (Phi) is 4.25. The van der Waals surface area contributed by atoms with Crippen molar-refractivity contribution < 1.29 is 14.8 Å². The van der Waals surface area contributed by atoms with Crippen LogP contribution in [0.5, 0.6) is 10.9 Å². The molecule has 0 unspecified atom stereocenters. The Morgan fingerprint density at radius 1 is 1.12 bits per heavy atom. The van der Waals surface area contributed by atoms with E-state index in [1.54, 1.807) is 24.4 Å². The first kappa shape index (κ1) is 16.5. The first-order valence-electron chi connectivity index (χ1n) is 7.70. The Labute approximate surface area is 152 Å². The molecule has 0 aliphatic carbocycles. The second kappa shape index (κ2) is 6.72. The molecule has 2 aromatic carbocycles. The zero-order chi connectivity index (χ0) is 18.1. The molecule has 0 saturated carbocycles. The van der Waals surface area contributed by atoms with Crippen molar-refractivity contribution >= 4 is 40.5 Å². The molecule has 0 radical (unpaired) electrons. The standard InChI is InChI=1S/C17H13BN4O3S/c19-14-9-21-22-15-7-10(1-3-12(14)15)13-8-11(18(23)24)2-4-16(13)25-17-20-5-6-26-17/h1-9,23-24H,(H2,19,22). The third kappa shape index (κ3) is 3.10. The third-order valence-corrected chi connectivity index (χ3v) is 4.54. The van der Waals surface area contributed by atoms with E-state index in [9.17, 15) is 10.0 Å². The monoisotopic (exact) mass is 364 g/mol. The molecule has 2 aromatic heterocycles. The zero-order valence-corrected chi connectivity index (χ0v) is 14.2. The fraction of sp³-hybridized carbons (Fsp3) is 0. The van der Waals surface area contributed by atoms with Gasteiger partial charge in [-0.3, -0.25) is 0 Å². The van der Waals surface area contributed by atoms with Crippen LogP contribution in [0.15, 0.2) is 54.2 Å². The fourth-order valence-electron chi connectivity index (χ4n) is 2.63. The van der Waals surface area contributed by atoms with Crippen LogP contribution in [0.4, 0.5) is 5.69 Å². The summed E-state index contributed by atoms with van der Waals surface area (Å²) >= 11 is 1.37. The van der Waals surface area contributed by atoms with Crippen molar-refractivity contribution in [3.63, 3.8) is 0 Å². The second-order valence-electron chi connectivity index (χ2n) is 5.56. The van der Waals surface area contributed by atoms with Crippen molar-refractivity contribution in [2.45, 2.75) is 0 Å². The smallest absolute Gasteiger partial charge is 0.430 e. The van der Waals surface area contributed by atoms with Gasteiger partial charge in [0.15, 0.2) is 0 Å². The van der Waals surface area contributed by atoms with Gasteiger partial charge in [0.05, 0.1) is 17.4 Å². The molecule has 4 aromatic rings. The topological polar surface area (TPSA) is 114 Å². The summed E-state index contributed by atoms with van der Waals surface area (Å²) in [5.74, 6) is 0.542. The molecule has 0 bridgehead atoms. The van der Waals surface area contributed by atoms with E-state index in [1.807, 2.05) is 23.6 Å². The largest absolute Gasteiger partial charge is 0.488 e. The molecule has 0 fully saturated rings. The molecule has 128 valence electrons. The van der Waals surface area contributed by atoms with Crippen molar-refractivity contribution in [2.75, 3.05) is 5.73 Å². The van der Waals surface area contributed by atoms with Crippen LogP contribution in [-0.4, -0.2) is 32.3 Å². The lowest BCUT2D eigenvalue weighted by Crippen LogP contribution is -2.29. The lowest BCUT2D eigenvalue weighted by molar-refractivity contribution is 0.425. The number of nitrogens with two attached hydrogens (primary N) is 1. The number of hydrogen-bond donors (Lipinski definition) is 3. The summed E-state index contributed by atoms with van der Waals surface area (Å²) in [5, 5.41) is 30.1. The van der Waals surface area contributed by atoms with Gasteiger partial charge in [0.1, 0.15) is 5.75 Å². The highest BCUT2D eigenvalue weighted by Gasteiger charge is 2.17. The van der Waals surface area contributed by atoms with Crippen molar-refractivity contribution in [1.82, 2.24) is 15.2 Å². The Hall–Kier alpha value is -3.01. The number of benzene rings is 2. The summed E-state index contributed by atoms with van der Waals surface area (Å²) in [7, 11) is -1.58. The van der Waals surface area contributed by atoms with Gasteiger partial charge in [0, 0.05) is 22.5 Å². The molecule has 9 heteroatoms. The minimum Gasteiger partial charge on any atom is -0.430 e. The maximum absolute atomic E-state index is 9.52.